The SMILES string of the molecule is CS(=O)(=O)N1CCC(c2noc(C(CCCC3CCCCC3)CC(=O)O)n2)CC1. The summed E-state index contributed by atoms with van der Waals surface area (Å²) in [5, 5.41) is 13.4. The second kappa shape index (κ2) is 10.0. The Balaban J connectivity index is 1.56. The van der Waals surface area contributed by atoms with Crippen LogP contribution in [0, 0.1) is 5.92 Å². The molecule has 1 aromatic rings. The molecule has 1 aliphatic heterocycles. The van der Waals surface area contributed by atoms with Gasteiger partial charge < -0.3 is 9.63 Å². The zero-order valence-corrected chi connectivity index (χ0v) is 18.1. The number of hydrogen-bond donors (Lipinski definition) is 1. The highest BCUT2D eigenvalue weighted by molar-refractivity contribution is 7.88. The molecule has 0 radical (unpaired) electrons. The molecule has 2 heterocycles. The lowest BCUT2D eigenvalue weighted by atomic mass is 9.84. The van der Waals surface area contributed by atoms with Gasteiger partial charge in [0.2, 0.25) is 15.9 Å². The van der Waals surface area contributed by atoms with Crippen LogP contribution < -0.4 is 0 Å². The third kappa shape index (κ3) is 6.50. The first-order valence-corrected chi connectivity index (χ1v) is 12.7. The Kier molecular flexibility index (Phi) is 7.67. The zero-order valence-electron chi connectivity index (χ0n) is 17.3. The number of piperidine rings is 1. The van der Waals surface area contributed by atoms with Crippen molar-refractivity contribution in [3.8, 4) is 0 Å². The summed E-state index contributed by atoms with van der Waals surface area (Å²) in [6, 6.07) is 0. The topological polar surface area (TPSA) is 114 Å². The van der Waals surface area contributed by atoms with Gasteiger partial charge in [-0.3, -0.25) is 4.79 Å². The van der Waals surface area contributed by atoms with Crippen LogP contribution in [-0.4, -0.2) is 53.3 Å². The molecule has 1 aliphatic carbocycles. The number of sulfonamides is 1. The number of carboxylic acids is 1. The molecular weight excluding hydrogens is 394 g/mol. The summed E-state index contributed by atoms with van der Waals surface area (Å²) >= 11 is 0. The fourth-order valence-corrected chi connectivity index (χ4v) is 5.55. The molecule has 1 unspecified atom stereocenters. The number of aromatic nitrogens is 2. The molecule has 3 rings (SSSR count). The van der Waals surface area contributed by atoms with Crippen LogP contribution in [0.2, 0.25) is 0 Å². The monoisotopic (exact) mass is 427 g/mol. The zero-order chi connectivity index (χ0) is 20.9. The standard InChI is InChI=1S/C20H33N3O5S/c1-29(26,27)23-12-10-16(11-13-23)19-21-20(28-22-19)17(14-18(24)25)9-5-8-15-6-3-2-4-7-15/h15-17H,2-14H2,1H3,(H,24,25). The molecule has 0 aromatic carbocycles. The number of hydrogen-bond acceptors (Lipinski definition) is 6. The number of aliphatic carboxylic acids is 1. The minimum absolute atomic E-state index is 0.00117. The summed E-state index contributed by atoms with van der Waals surface area (Å²) in [6.07, 6.45) is 11.9. The number of carboxylic acid groups (broad SMARTS) is 1. The second-order valence-electron chi connectivity index (χ2n) is 8.66. The summed E-state index contributed by atoms with van der Waals surface area (Å²) < 4.78 is 30.3. The smallest absolute Gasteiger partial charge is 0.304 e. The molecule has 2 fully saturated rings. The minimum Gasteiger partial charge on any atom is -0.481 e. The van der Waals surface area contributed by atoms with E-state index in [2.05, 4.69) is 10.1 Å². The van der Waals surface area contributed by atoms with E-state index in [9.17, 15) is 18.3 Å². The molecule has 29 heavy (non-hydrogen) atoms. The van der Waals surface area contributed by atoms with Gasteiger partial charge in [-0.05, 0) is 25.2 Å². The first-order valence-electron chi connectivity index (χ1n) is 10.8. The van der Waals surface area contributed by atoms with Crippen molar-refractivity contribution in [2.24, 2.45) is 5.92 Å². The van der Waals surface area contributed by atoms with Crippen molar-refractivity contribution in [3.05, 3.63) is 11.7 Å². The molecule has 2 aliphatic rings. The van der Waals surface area contributed by atoms with Crippen LogP contribution in [0.15, 0.2) is 4.52 Å². The molecule has 0 amide bonds. The fraction of sp³-hybridized carbons (Fsp3) is 0.850. The summed E-state index contributed by atoms with van der Waals surface area (Å²) in [6.45, 7) is 0.903. The summed E-state index contributed by atoms with van der Waals surface area (Å²) in [7, 11) is -3.17. The Morgan fingerprint density at radius 3 is 2.52 bits per heavy atom. The highest BCUT2D eigenvalue weighted by Gasteiger charge is 2.30. The summed E-state index contributed by atoms with van der Waals surface area (Å²) in [4.78, 5) is 15.9. The van der Waals surface area contributed by atoms with Gasteiger partial charge in [0.05, 0.1) is 12.7 Å². The van der Waals surface area contributed by atoms with Gasteiger partial charge in [-0.2, -0.15) is 4.98 Å². The van der Waals surface area contributed by atoms with Crippen molar-refractivity contribution in [1.29, 1.82) is 0 Å². The Morgan fingerprint density at radius 2 is 1.90 bits per heavy atom. The van der Waals surface area contributed by atoms with Crippen molar-refractivity contribution in [1.82, 2.24) is 14.4 Å². The van der Waals surface area contributed by atoms with Gasteiger partial charge >= 0.3 is 5.97 Å². The van der Waals surface area contributed by atoms with E-state index in [0.717, 1.165) is 25.2 Å². The van der Waals surface area contributed by atoms with E-state index in [0.29, 0.717) is 37.6 Å². The van der Waals surface area contributed by atoms with Crippen molar-refractivity contribution in [3.63, 3.8) is 0 Å². The maximum atomic E-state index is 11.7. The molecule has 9 heteroatoms. The van der Waals surface area contributed by atoms with Crippen molar-refractivity contribution in [2.75, 3.05) is 19.3 Å². The largest absolute Gasteiger partial charge is 0.481 e. The highest BCUT2D eigenvalue weighted by atomic mass is 32.2. The molecular formula is C20H33N3O5S. The maximum absolute atomic E-state index is 11.7. The van der Waals surface area contributed by atoms with Crippen LogP contribution >= 0.6 is 0 Å². The van der Waals surface area contributed by atoms with Crippen LogP contribution in [-0.2, 0) is 14.8 Å². The number of rotatable bonds is 9. The van der Waals surface area contributed by atoms with Gasteiger partial charge in [-0.25, -0.2) is 12.7 Å². The van der Waals surface area contributed by atoms with E-state index in [4.69, 9.17) is 4.52 Å². The van der Waals surface area contributed by atoms with Crippen LogP contribution in [0.1, 0.15) is 94.2 Å². The molecule has 0 spiro atoms. The number of nitrogens with zero attached hydrogens (tertiary/aromatic N) is 3. The fourth-order valence-electron chi connectivity index (χ4n) is 4.68. The minimum atomic E-state index is -3.17. The Morgan fingerprint density at radius 1 is 1.21 bits per heavy atom. The normalized spacial score (nSPS) is 21.3. The Labute approximate surface area is 173 Å². The van der Waals surface area contributed by atoms with Crippen LogP contribution in [0.25, 0.3) is 0 Å². The first kappa shape index (κ1) is 22.2. The van der Waals surface area contributed by atoms with Crippen LogP contribution in [0.4, 0.5) is 0 Å². The van der Waals surface area contributed by atoms with E-state index < -0.39 is 16.0 Å². The van der Waals surface area contributed by atoms with Gasteiger partial charge in [-0.1, -0.05) is 50.1 Å². The predicted octanol–water partition coefficient (Wildman–Crippen LogP) is 3.52. The Hall–Kier alpha value is -1.48. The summed E-state index contributed by atoms with van der Waals surface area (Å²) in [5.41, 5.74) is 0. The van der Waals surface area contributed by atoms with E-state index in [1.165, 1.54) is 42.7 Å². The van der Waals surface area contributed by atoms with Gasteiger partial charge in [0.25, 0.3) is 0 Å². The van der Waals surface area contributed by atoms with E-state index in [1.807, 2.05) is 0 Å². The second-order valence-corrected chi connectivity index (χ2v) is 10.6. The van der Waals surface area contributed by atoms with Gasteiger partial charge in [0.15, 0.2) is 5.82 Å². The van der Waals surface area contributed by atoms with Crippen molar-refractivity contribution >= 4 is 16.0 Å². The lowest BCUT2D eigenvalue weighted by molar-refractivity contribution is -0.137. The van der Waals surface area contributed by atoms with Crippen molar-refractivity contribution < 1.29 is 22.8 Å². The quantitative estimate of drug-likeness (QED) is 0.641. The van der Waals surface area contributed by atoms with Crippen LogP contribution in [0.3, 0.4) is 0 Å². The maximum Gasteiger partial charge on any atom is 0.304 e. The van der Waals surface area contributed by atoms with Crippen LogP contribution in [0.5, 0.6) is 0 Å². The summed E-state index contributed by atoms with van der Waals surface area (Å²) in [5.74, 6) is 0.709. The lowest BCUT2D eigenvalue weighted by Crippen LogP contribution is -2.37. The first-order chi connectivity index (χ1) is 13.8. The van der Waals surface area contributed by atoms with Gasteiger partial charge in [0, 0.05) is 24.9 Å². The lowest BCUT2D eigenvalue weighted by Gasteiger charge is -2.28. The van der Waals surface area contributed by atoms with E-state index >= 15 is 0 Å². The van der Waals surface area contributed by atoms with E-state index in [-0.39, 0.29) is 18.3 Å². The van der Waals surface area contributed by atoms with Crippen molar-refractivity contribution in [2.45, 2.75) is 82.5 Å². The predicted molar refractivity (Wildman–Crippen MR) is 108 cm³/mol. The average Bonchev–Trinajstić information content (AvgIpc) is 3.17. The molecule has 164 valence electrons. The molecule has 1 atom stereocenters. The molecule has 1 N–H and O–H groups in total. The molecule has 1 aromatic heterocycles. The molecule has 1 saturated heterocycles. The Bertz CT molecular complexity index is 765. The highest BCUT2D eigenvalue weighted by Crippen LogP contribution is 2.32. The number of carbonyl (C=O) groups is 1. The molecule has 1 saturated carbocycles. The molecule has 8 nitrogen and oxygen atoms in total. The van der Waals surface area contributed by atoms with Gasteiger partial charge in [-0.15, -0.1) is 0 Å². The third-order valence-corrected chi connectivity index (χ3v) is 7.71. The van der Waals surface area contributed by atoms with Gasteiger partial charge in [0.1, 0.15) is 0 Å². The van der Waals surface area contributed by atoms with E-state index in [1.54, 1.807) is 0 Å². The average molecular weight is 428 g/mol. The third-order valence-electron chi connectivity index (χ3n) is 6.41. The molecule has 0 bridgehead atoms.